The Hall–Kier alpha value is -0.950. The second-order valence-corrected chi connectivity index (χ2v) is 7.55. The summed E-state index contributed by atoms with van der Waals surface area (Å²) in [5.41, 5.74) is 0.300. The van der Waals surface area contributed by atoms with Crippen molar-refractivity contribution in [1.82, 2.24) is 9.62 Å². The van der Waals surface area contributed by atoms with E-state index in [4.69, 9.17) is 0 Å². The fraction of sp³-hybridized carbons (Fsp3) is 0.571. The fourth-order valence-corrected chi connectivity index (χ4v) is 2.71. The standard InChI is InChI=1S/C14H24N2O3S/c1-11(17)12-7-6-8-13(9-12)20(18,19)15-10-14(2,3)16(4)5/h6-9,11,15,17H,10H2,1-5H3. The summed E-state index contributed by atoms with van der Waals surface area (Å²) in [6.07, 6.45) is -0.691. The number of aliphatic hydroxyl groups is 1. The van der Waals surface area contributed by atoms with Gasteiger partial charge in [0.25, 0.3) is 0 Å². The van der Waals surface area contributed by atoms with Crippen molar-refractivity contribution in [2.75, 3.05) is 20.6 Å². The number of sulfonamides is 1. The van der Waals surface area contributed by atoms with Crippen LogP contribution < -0.4 is 4.72 Å². The topological polar surface area (TPSA) is 69.6 Å². The first kappa shape index (κ1) is 17.1. The molecule has 1 aromatic rings. The van der Waals surface area contributed by atoms with Gasteiger partial charge in [0, 0.05) is 12.1 Å². The maximum absolute atomic E-state index is 12.3. The van der Waals surface area contributed by atoms with Crippen molar-refractivity contribution in [2.24, 2.45) is 0 Å². The molecule has 1 unspecified atom stereocenters. The monoisotopic (exact) mass is 300 g/mol. The number of hydrogen-bond acceptors (Lipinski definition) is 4. The maximum Gasteiger partial charge on any atom is 0.240 e. The molecule has 0 heterocycles. The van der Waals surface area contributed by atoms with E-state index >= 15 is 0 Å². The second kappa shape index (κ2) is 6.22. The molecule has 1 aromatic carbocycles. The summed E-state index contributed by atoms with van der Waals surface area (Å²) in [6.45, 7) is 5.83. The molecule has 2 N–H and O–H groups in total. The Labute approximate surface area is 121 Å². The van der Waals surface area contributed by atoms with E-state index in [9.17, 15) is 13.5 Å². The van der Waals surface area contributed by atoms with E-state index < -0.39 is 16.1 Å². The average molecular weight is 300 g/mol. The molecule has 1 rings (SSSR count). The predicted molar refractivity (Wildman–Crippen MR) is 80.0 cm³/mol. The minimum atomic E-state index is -3.57. The second-order valence-electron chi connectivity index (χ2n) is 5.78. The third-order valence-corrected chi connectivity index (χ3v) is 4.96. The van der Waals surface area contributed by atoms with Crippen LogP contribution in [0.5, 0.6) is 0 Å². The van der Waals surface area contributed by atoms with Gasteiger partial charge >= 0.3 is 0 Å². The molecule has 0 fully saturated rings. The zero-order valence-electron chi connectivity index (χ0n) is 12.7. The Bertz CT molecular complexity index is 551. The first-order chi connectivity index (χ1) is 9.06. The van der Waals surface area contributed by atoms with Crippen LogP contribution in [-0.4, -0.2) is 44.6 Å². The molecule has 0 saturated carbocycles. The van der Waals surface area contributed by atoms with Gasteiger partial charge in [0.05, 0.1) is 11.0 Å². The van der Waals surface area contributed by atoms with Crippen LogP contribution in [0, 0.1) is 0 Å². The number of nitrogens with one attached hydrogen (secondary N) is 1. The summed E-state index contributed by atoms with van der Waals surface area (Å²) in [7, 11) is 0.239. The van der Waals surface area contributed by atoms with Crippen molar-refractivity contribution >= 4 is 10.0 Å². The van der Waals surface area contributed by atoms with Gasteiger partial charge in [-0.1, -0.05) is 12.1 Å². The Balaban J connectivity index is 2.92. The number of likely N-dealkylation sites (N-methyl/N-ethyl adjacent to an activating group) is 1. The lowest BCUT2D eigenvalue weighted by molar-refractivity contribution is 0.198. The molecule has 0 aliphatic rings. The molecule has 20 heavy (non-hydrogen) atoms. The van der Waals surface area contributed by atoms with Gasteiger partial charge in [-0.3, -0.25) is 0 Å². The molecule has 0 radical (unpaired) electrons. The van der Waals surface area contributed by atoms with Crippen LogP contribution >= 0.6 is 0 Å². The lowest BCUT2D eigenvalue weighted by atomic mass is 10.1. The van der Waals surface area contributed by atoms with Crippen molar-refractivity contribution < 1.29 is 13.5 Å². The van der Waals surface area contributed by atoms with Crippen LogP contribution in [0.3, 0.4) is 0 Å². The van der Waals surface area contributed by atoms with Gasteiger partial charge in [0.15, 0.2) is 0 Å². The quantitative estimate of drug-likeness (QED) is 0.832. The zero-order chi connectivity index (χ0) is 15.6. The van der Waals surface area contributed by atoms with Gasteiger partial charge in [0.2, 0.25) is 10.0 Å². The Morgan fingerprint density at radius 1 is 1.35 bits per heavy atom. The molecule has 0 aliphatic carbocycles. The van der Waals surface area contributed by atoms with Crippen LogP contribution in [0.15, 0.2) is 29.2 Å². The van der Waals surface area contributed by atoms with Crippen LogP contribution in [-0.2, 0) is 10.0 Å². The lowest BCUT2D eigenvalue weighted by Crippen LogP contribution is -2.48. The predicted octanol–water partition coefficient (Wildman–Crippen LogP) is 1.36. The first-order valence-electron chi connectivity index (χ1n) is 6.51. The summed E-state index contributed by atoms with van der Waals surface area (Å²) in [4.78, 5) is 2.13. The van der Waals surface area contributed by atoms with E-state index in [1.807, 2.05) is 32.8 Å². The maximum atomic E-state index is 12.3. The van der Waals surface area contributed by atoms with Crippen molar-refractivity contribution in [3.63, 3.8) is 0 Å². The molecule has 0 aliphatic heterocycles. The number of nitrogens with zero attached hydrogens (tertiary/aromatic N) is 1. The zero-order valence-corrected chi connectivity index (χ0v) is 13.5. The average Bonchev–Trinajstić information content (AvgIpc) is 2.36. The van der Waals surface area contributed by atoms with Gasteiger partial charge < -0.3 is 10.0 Å². The van der Waals surface area contributed by atoms with E-state index in [0.29, 0.717) is 12.1 Å². The SMILES string of the molecule is CC(O)c1cccc(S(=O)(=O)NCC(C)(C)N(C)C)c1. The number of hydrogen-bond donors (Lipinski definition) is 2. The van der Waals surface area contributed by atoms with Crippen molar-refractivity contribution in [3.8, 4) is 0 Å². The Kier molecular flexibility index (Phi) is 5.32. The molecule has 0 spiro atoms. The van der Waals surface area contributed by atoms with Crippen molar-refractivity contribution in [2.45, 2.75) is 37.3 Å². The van der Waals surface area contributed by atoms with E-state index in [1.165, 1.54) is 12.1 Å². The van der Waals surface area contributed by atoms with Crippen molar-refractivity contribution in [3.05, 3.63) is 29.8 Å². The highest BCUT2D eigenvalue weighted by Crippen LogP contribution is 2.18. The number of rotatable bonds is 6. The highest BCUT2D eigenvalue weighted by molar-refractivity contribution is 7.89. The number of aliphatic hydroxyl groups excluding tert-OH is 1. The molecule has 5 nitrogen and oxygen atoms in total. The van der Waals surface area contributed by atoms with Crippen LogP contribution in [0.1, 0.15) is 32.4 Å². The summed E-state index contributed by atoms with van der Waals surface area (Å²) in [5.74, 6) is 0. The third-order valence-electron chi connectivity index (χ3n) is 3.56. The van der Waals surface area contributed by atoms with Crippen LogP contribution in [0.2, 0.25) is 0 Å². The van der Waals surface area contributed by atoms with E-state index in [2.05, 4.69) is 4.72 Å². The van der Waals surface area contributed by atoms with Gasteiger partial charge in [-0.2, -0.15) is 0 Å². The molecule has 1 atom stereocenters. The molecular weight excluding hydrogens is 276 g/mol. The van der Waals surface area contributed by atoms with Gasteiger partial charge in [-0.15, -0.1) is 0 Å². The molecule has 0 amide bonds. The first-order valence-corrected chi connectivity index (χ1v) is 8.00. The smallest absolute Gasteiger partial charge is 0.240 e. The fourth-order valence-electron chi connectivity index (χ4n) is 1.45. The van der Waals surface area contributed by atoms with Crippen molar-refractivity contribution in [1.29, 1.82) is 0 Å². The third kappa shape index (κ3) is 4.28. The summed E-state index contributed by atoms with van der Waals surface area (Å²) < 4.78 is 27.1. The molecule has 0 saturated heterocycles. The molecule has 114 valence electrons. The normalized spacial score (nSPS) is 14.6. The number of benzene rings is 1. The van der Waals surface area contributed by atoms with Crippen LogP contribution in [0.4, 0.5) is 0 Å². The Morgan fingerprint density at radius 2 is 1.95 bits per heavy atom. The molecular formula is C14H24N2O3S. The minimum absolute atomic E-state index is 0.172. The highest BCUT2D eigenvalue weighted by atomic mass is 32.2. The van der Waals surface area contributed by atoms with E-state index in [0.717, 1.165) is 0 Å². The van der Waals surface area contributed by atoms with E-state index in [-0.39, 0.29) is 10.4 Å². The van der Waals surface area contributed by atoms with Gasteiger partial charge in [-0.25, -0.2) is 13.1 Å². The van der Waals surface area contributed by atoms with Crippen LogP contribution in [0.25, 0.3) is 0 Å². The van der Waals surface area contributed by atoms with Gasteiger partial charge in [0.1, 0.15) is 0 Å². The Morgan fingerprint density at radius 3 is 2.45 bits per heavy atom. The van der Waals surface area contributed by atoms with Gasteiger partial charge in [-0.05, 0) is 52.6 Å². The largest absolute Gasteiger partial charge is 0.389 e. The molecule has 0 aromatic heterocycles. The summed E-state index contributed by atoms with van der Waals surface area (Å²) >= 11 is 0. The molecule has 0 bridgehead atoms. The molecule has 6 heteroatoms. The summed E-state index contributed by atoms with van der Waals surface area (Å²) in [6, 6.07) is 6.35. The lowest BCUT2D eigenvalue weighted by Gasteiger charge is -2.32. The summed E-state index contributed by atoms with van der Waals surface area (Å²) in [5, 5.41) is 9.52. The highest BCUT2D eigenvalue weighted by Gasteiger charge is 2.24. The minimum Gasteiger partial charge on any atom is -0.389 e. The van der Waals surface area contributed by atoms with E-state index in [1.54, 1.807) is 19.1 Å².